The number of amidine groups is 1. The van der Waals surface area contributed by atoms with Gasteiger partial charge in [0, 0.05) is 14.2 Å². The van der Waals surface area contributed by atoms with Gasteiger partial charge in [0.25, 0.3) is 5.91 Å². The van der Waals surface area contributed by atoms with Crippen LogP contribution in [0.2, 0.25) is 5.02 Å². The molecular weight excluding hydrogens is 595 g/mol. The van der Waals surface area contributed by atoms with E-state index >= 15 is 0 Å². The summed E-state index contributed by atoms with van der Waals surface area (Å²) in [6.07, 6.45) is 1.65. The van der Waals surface area contributed by atoms with E-state index in [0.29, 0.717) is 36.6 Å². The quantitative estimate of drug-likeness (QED) is 0.353. The lowest BCUT2D eigenvalue weighted by Gasteiger charge is -2.10. The summed E-state index contributed by atoms with van der Waals surface area (Å²) in [6, 6.07) is 9.00. The number of aliphatic carboxylic acids is 1. The van der Waals surface area contributed by atoms with Crippen LogP contribution in [0.4, 0.5) is 5.69 Å². The third-order valence-electron chi connectivity index (χ3n) is 3.78. The second-order valence-corrected chi connectivity index (χ2v) is 9.39. The highest BCUT2D eigenvalue weighted by molar-refractivity contribution is 14.1. The van der Waals surface area contributed by atoms with E-state index in [1.807, 2.05) is 13.0 Å². The second kappa shape index (κ2) is 9.50. The van der Waals surface area contributed by atoms with E-state index in [-0.39, 0.29) is 5.91 Å². The SMILES string of the molecule is Cc1c(Cl)cccc1N=C1NC(=O)/C(=C\c2cc(I)cc(Br)c2OCC(=O)O)S1. The summed E-state index contributed by atoms with van der Waals surface area (Å²) in [7, 11) is 0. The highest BCUT2D eigenvalue weighted by Crippen LogP contribution is 2.36. The molecule has 1 saturated heterocycles. The monoisotopic (exact) mass is 606 g/mol. The van der Waals surface area contributed by atoms with Crippen LogP contribution in [-0.4, -0.2) is 28.8 Å². The third kappa shape index (κ3) is 5.53. The van der Waals surface area contributed by atoms with Crippen LogP contribution in [0.25, 0.3) is 6.08 Å². The zero-order chi connectivity index (χ0) is 21.1. The minimum absolute atomic E-state index is 0.299. The van der Waals surface area contributed by atoms with Crippen LogP contribution in [0, 0.1) is 10.5 Å². The summed E-state index contributed by atoms with van der Waals surface area (Å²) < 4.78 is 6.90. The lowest BCUT2D eigenvalue weighted by Crippen LogP contribution is -2.19. The van der Waals surface area contributed by atoms with Gasteiger partial charge in [-0.05, 0) is 93.1 Å². The first-order chi connectivity index (χ1) is 13.7. The molecule has 0 spiro atoms. The van der Waals surface area contributed by atoms with Gasteiger partial charge in [-0.1, -0.05) is 17.7 Å². The van der Waals surface area contributed by atoms with Gasteiger partial charge in [-0.3, -0.25) is 4.79 Å². The maximum Gasteiger partial charge on any atom is 0.341 e. The van der Waals surface area contributed by atoms with Gasteiger partial charge in [-0.25, -0.2) is 9.79 Å². The number of thioether (sulfide) groups is 1. The van der Waals surface area contributed by atoms with E-state index in [2.05, 4.69) is 48.8 Å². The van der Waals surface area contributed by atoms with E-state index in [9.17, 15) is 9.59 Å². The van der Waals surface area contributed by atoms with Crippen LogP contribution < -0.4 is 10.1 Å². The topological polar surface area (TPSA) is 88.0 Å². The molecule has 1 aliphatic heterocycles. The molecule has 29 heavy (non-hydrogen) atoms. The first-order valence-corrected chi connectivity index (χ1v) is 11.2. The van der Waals surface area contributed by atoms with E-state index in [1.54, 1.807) is 30.3 Å². The Bertz CT molecular complexity index is 1070. The van der Waals surface area contributed by atoms with Crippen LogP contribution >= 0.6 is 61.9 Å². The van der Waals surface area contributed by atoms with E-state index in [1.165, 1.54) is 11.8 Å². The maximum absolute atomic E-state index is 12.4. The Morgan fingerprint density at radius 2 is 2.21 bits per heavy atom. The van der Waals surface area contributed by atoms with Gasteiger partial charge < -0.3 is 15.2 Å². The number of aliphatic imine (C=N–C) groups is 1. The minimum Gasteiger partial charge on any atom is -0.480 e. The fourth-order valence-corrected chi connectivity index (χ4v) is 5.08. The number of nitrogens with one attached hydrogen (secondary N) is 1. The molecule has 0 atom stereocenters. The van der Waals surface area contributed by atoms with Crippen LogP contribution in [0.3, 0.4) is 0 Å². The summed E-state index contributed by atoms with van der Waals surface area (Å²) in [5.74, 6) is -1.04. The summed E-state index contributed by atoms with van der Waals surface area (Å²) in [4.78, 5) is 28.2. The highest BCUT2D eigenvalue weighted by Gasteiger charge is 2.25. The molecule has 1 aliphatic rings. The third-order valence-corrected chi connectivity index (χ3v) is 6.31. The standard InChI is InChI=1S/C19H13BrClIN2O4S/c1-9-13(21)3-2-4-14(9)23-19-24-18(27)15(29-19)6-10-5-11(22)7-12(20)17(10)28-8-16(25)26/h2-7H,8H2,1H3,(H,25,26)(H,23,24,27)/b15-6+. The Balaban J connectivity index is 1.93. The van der Waals surface area contributed by atoms with Gasteiger partial charge in [-0.2, -0.15) is 0 Å². The number of amides is 1. The van der Waals surface area contributed by atoms with Gasteiger partial charge in [0.05, 0.1) is 15.1 Å². The van der Waals surface area contributed by atoms with Crippen molar-refractivity contribution >= 4 is 90.7 Å². The molecular formula is C19H13BrClIN2O4S. The summed E-state index contributed by atoms with van der Waals surface area (Å²) in [5, 5.41) is 12.7. The Morgan fingerprint density at radius 3 is 2.93 bits per heavy atom. The van der Waals surface area contributed by atoms with E-state index < -0.39 is 12.6 Å². The van der Waals surface area contributed by atoms with Gasteiger partial charge in [0.1, 0.15) is 5.75 Å². The van der Waals surface area contributed by atoms with Crippen LogP contribution in [0.1, 0.15) is 11.1 Å². The van der Waals surface area contributed by atoms with Crippen LogP contribution in [0.5, 0.6) is 5.75 Å². The zero-order valence-corrected chi connectivity index (χ0v) is 20.1. The molecule has 2 aromatic rings. The van der Waals surface area contributed by atoms with Crippen molar-refractivity contribution in [3.05, 3.63) is 59.4 Å². The van der Waals surface area contributed by atoms with E-state index in [4.69, 9.17) is 21.4 Å². The predicted molar refractivity (Wildman–Crippen MR) is 127 cm³/mol. The number of carboxylic acid groups (broad SMARTS) is 1. The molecule has 2 N–H and O–H groups in total. The Labute approximate surface area is 198 Å². The van der Waals surface area contributed by atoms with Crippen molar-refractivity contribution in [2.45, 2.75) is 6.92 Å². The highest BCUT2D eigenvalue weighted by atomic mass is 127. The molecule has 1 fully saturated rings. The molecule has 3 rings (SSSR count). The van der Waals surface area contributed by atoms with Crippen molar-refractivity contribution in [1.29, 1.82) is 0 Å². The van der Waals surface area contributed by atoms with E-state index in [0.717, 1.165) is 9.13 Å². The molecule has 0 bridgehead atoms. The van der Waals surface area contributed by atoms with Crippen molar-refractivity contribution in [3.63, 3.8) is 0 Å². The van der Waals surface area contributed by atoms with Crippen molar-refractivity contribution < 1.29 is 19.4 Å². The molecule has 1 amide bonds. The number of benzene rings is 2. The lowest BCUT2D eigenvalue weighted by molar-refractivity contribution is -0.139. The van der Waals surface area contributed by atoms with Gasteiger partial charge in [0.15, 0.2) is 11.8 Å². The number of hydrogen-bond acceptors (Lipinski definition) is 5. The summed E-state index contributed by atoms with van der Waals surface area (Å²) in [5.41, 5.74) is 2.08. The fourth-order valence-electron chi connectivity index (χ4n) is 2.42. The Kier molecular flexibility index (Phi) is 7.25. The number of carboxylic acids is 1. The van der Waals surface area contributed by atoms with Crippen molar-refractivity contribution in [3.8, 4) is 5.75 Å². The average Bonchev–Trinajstić information content (AvgIpc) is 2.97. The first kappa shape index (κ1) is 22.1. The Morgan fingerprint density at radius 1 is 1.45 bits per heavy atom. The number of carbonyl (C=O) groups is 2. The minimum atomic E-state index is -1.09. The summed E-state index contributed by atoms with van der Waals surface area (Å²) >= 11 is 12.8. The molecule has 0 aromatic heterocycles. The number of rotatable bonds is 5. The van der Waals surface area contributed by atoms with Crippen LogP contribution in [-0.2, 0) is 9.59 Å². The average molecular weight is 608 g/mol. The number of nitrogens with zero attached hydrogens (tertiary/aromatic N) is 1. The Hall–Kier alpha value is -1.56. The molecule has 10 heteroatoms. The van der Waals surface area contributed by atoms with Crippen LogP contribution in [0.15, 0.2) is 44.7 Å². The number of carbonyl (C=O) groups excluding carboxylic acids is 1. The van der Waals surface area contributed by atoms with Gasteiger partial charge in [0.2, 0.25) is 0 Å². The van der Waals surface area contributed by atoms with Gasteiger partial charge >= 0.3 is 5.97 Å². The fraction of sp³-hybridized carbons (Fsp3) is 0.105. The number of halogens is 3. The maximum atomic E-state index is 12.4. The largest absolute Gasteiger partial charge is 0.480 e. The molecule has 2 aromatic carbocycles. The van der Waals surface area contributed by atoms with Gasteiger partial charge in [-0.15, -0.1) is 0 Å². The first-order valence-electron chi connectivity index (χ1n) is 8.13. The van der Waals surface area contributed by atoms with Crippen molar-refractivity contribution in [1.82, 2.24) is 5.32 Å². The lowest BCUT2D eigenvalue weighted by atomic mass is 10.2. The second-order valence-electron chi connectivity index (χ2n) is 5.85. The summed E-state index contributed by atoms with van der Waals surface area (Å²) in [6.45, 7) is 1.37. The molecule has 0 unspecified atom stereocenters. The molecule has 1 heterocycles. The number of hydrogen-bond donors (Lipinski definition) is 2. The molecule has 0 aliphatic carbocycles. The predicted octanol–water partition coefficient (Wildman–Crippen LogP) is 5.37. The van der Waals surface area contributed by atoms with Crippen molar-refractivity contribution in [2.75, 3.05) is 6.61 Å². The zero-order valence-electron chi connectivity index (χ0n) is 14.8. The number of ether oxygens (including phenoxy) is 1. The molecule has 150 valence electrons. The normalized spacial score (nSPS) is 16.3. The van der Waals surface area contributed by atoms with Crippen molar-refractivity contribution in [2.24, 2.45) is 4.99 Å². The molecule has 6 nitrogen and oxygen atoms in total. The molecule has 0 saturated carbocycles. The smallest absolute Gasteiger partial charge is 0.341 e. The molecule has 0 radical (unpaired) electrons.